The standard InChI is InChI=1S/C19H21N7O.C2HF3O2/c1-11(19(27)25(2)3)9-26-10-14-17(24-26)13-5-4-12(15-6-7-21-23-15)8-16(13)22-18(14)20;3-2(4,5)1(6)7/h4-8,10-11H,9H2,1-3H3,(H2,20,22)(H,21,23);(H,6,7). The summed E-state index contributed by atoms with van der Waals surface area (Å²) >= 11 is 0. The lowest BCUT2D eigenvalue weighted by molar-refractivity contribution is -0.192. The molecule has 34 heavy (non-hydrogen) atoms. The molecule has 4 aromatic rings. The quantitative estimate of drug-likeness (QED) is 0.410. The Morgan fingerprint density at radius 1 is 1.24 bits per heavy atom. The normalized spacial score (nSPS) is 12.3. The summed E-state index contributed by atoms with van der Waals surface area (Å²) in [5.74, 6) is -2.44. The molecule has 0 aliphatic carbocycles. The molecule has 13 heteroatoms. The second kappa shape index (κ2) is 9.37. The van der Waals surface area contributed by atoms with Crippen LogP contribution >= 0.6 is 0 Å². The average Bonchev–Trinajstić information content (AvgIpc) is 3.43. The number of nitrogen functional groups attached to an aromatic ring is 1. The van der Waals surface area contributed by atoms with E-state index in [1.54, 1.807) is 29.9 Å². The molecular weight excluding hydrogens is 455 g/mol. The Balaban J connectivity index is 0.000000406. The summed E-state index contributed by atoms with van der Waals surface area (Å²) in [6.07, 6.45) is -1.51. The van der Waals surface area contributed by atoms with Crippen LogP contribution < -0.4 is 5.73 Å². The number of carboxylic acid groups (broad SMARTS) is 1. The van der Waals surface area contributed by atoms with Gasteiger partial charge in [0.05, 0.1) is 29.1 Å². The maximum absolute atomic E-state index is 12.1. The number of carbonyl (C=O) groups excluding carboxylic acids is 1. The number of halogens is 3. The summed E-state index contributed by atoms with van der Waals surface area (Å²) in [6, 6.07) is 7.87. The van der Waals surface area contributed by atoms with E-state index >= 15 is 0 Å². The van der Waals surface area contributed by atoms with Crippen LogP contribution in [0.25, 0.3) is 33.1 Å². The van der Waals surface area contributed by atoms with Gasteiger partial charge in [-0.25, -0.2) is 9.78 Å². The van der Waals surface area contributed by atoms with E-state index in [9.17, 15) is 18.0 Å². The van der Waals surface area contributed by atoms with E-state index in [2.05, 4.69) is 20.3 Å². The molecule has 1 unspecified atom stereocenters. The highest BCUT2D eigenvalue weighted by molar-refractivity contribution is 6.08. The summed E-state index contributed by atoms with van der Waals surface area (Å²) in [5, 5.41) is 20.5. The first-order valence-electron chi connectivity index (χ1n) is 9.96. The van der Waals surface area contributed by atoms with Crippen LogP contribution in [0.3, 0.4) is 0 Å². The summed E-state index contributed by atoms with van der Waals surface area (Å²) in [5.41, 5.74) is 9.64. The molecule has 3 aromatic heterocycles. The summed E-state index contributed by atoms with van der Waals surface area (Å²) in [4.78, 5) is 27.2. The van der Waals surface area contributed by atoms with Crippen molar-refractivity contribution in [3.8, 4) is 11.3 Å². The maximum Gasteiger partial charge on any atom is 0.490 e. The van der Waals surface area contributed by atoms with E-state index in [1.165, 1.54) is 0 Å². The smallest absolute Gasteiger partial charge is 0.475 e. The molecule has 180 valence electrons. The van der Waals surface area contributed by atoms with Gasteiger partial charge in [0.25, 0.3) is 0 Å². The number of pyridine rings is 1. The molecule has 1 amide bonds. The van der Waals surface area contributed by atoms with Gasteiger partial charge in [-0.05, 0) is 18.2 Å². The number of aromatic nitrogens is 5. The molecule has 0 fully saturated rings. The minimum atomic E-state index is -5.08. The molecule has 4 N–H and O–H groups in total. The number of anilines is 1. The number of aromatic amines is 1. The zero-order valence-corrected chi connectivity index (χ0v) is 18.5. The minimum absolute atomic E-state index is 0.0645. The number of rotatable bonds is 4. The Kier molecular flexibility index (Phi) is 6.75. The van der Waals surface area contributed by atoms with Crippen LogP contribution in [0.15, 0.2) is 36.7 Å². The molecule has 0 aliphatic heterocycles. The van der Waals surface area contributed by atoms with Crippen molar-refractivity contribution in [2.45, 2.75) is 19.6 Å². The number of aliphatic carboxylic acids is 1. The molecule has 1 aromatic carbocycles. The number of carboxylic acids is 1. The lowest BCUT2D eigenvalue weighted by Crippen LogP contribution is -2.30. The zero-order valence-electron chi connectivity index (χ0n) is 18.5. The summed E-state index contributed by atoms with van der Waals surface area (Å²) in [6.45, 7) is 2.38. The van der Waals surface area contributed by atoms with Crippen molar-refractivity contribution < 1.29 is 27.9 Å². The first kappa shape index (κ1) is 24.5. The number of H-pyrrole nitrogens is 1. The maximum atomic E-state index is 12.1. The van der Waals surface area contributed by atoms with Gasteiger partial charge in [0.15, 0.2) is 0 Å². The minimum Gasteiger partial charge on any atom is -0.475 e. The third-order valence-electron chi connectivity index (χ3n) is 4.91. The van der Waals surface area contributed by atoms with Gasteiger partial charge in [0.1, 0.15) is 11.3 Å². The van der Waals surface area contributed by atoms with Gasteiger partial charge < -0.3 is 15.7 Å². The topological polar surface area (TPSA) is 143 Å². The fourth-order valence-electron chi connectivity index (χ4n) is 3.30. The van der Waals surface area contributed by atoms with Crippen LogP contribution in [0.1, 0.15) is 6.92 Å². The van der Waals surface area contributed by atoms with Gasteiger partial charge in [-0.2, -0.15) is 23.4 Å². The third kappa shape index (κ3) is 5.24. The highest BCUT2D eigenvalue weighted by Gasteiger charge is 2.38. The van der Waals surface area contributed by atoms with Crippen molar-refractivity contribution in [3.63, 3.8) is 0 Å². The summed E-state index contributed by atoms with van der Waals surface area (Å²) in [7, 11) is 3.51. The fraction of sp³-hybridized carbons (Fsp3) is 0.286. The number of hydrogen-bond acceptors (Lipinski definition) is 6. The number of nitrogens with one attached hydrogen (secondary N) is 1. The first-order valence-corrected chi connectivity index (χ1v) is 9.96. The molecule has 3 heterocycles. The largest absolute Gasteiger partial charge is 0.490 e. The Bertz CT molecular complexity index is 1330. The Hall–Kier alpha value is -4.16. The van der Waals surface area contributed by atoms with E-state index in [4.69, 9.17) is 15.6 Å². The number of nitrogens with two attached hydrogens (primary N) is 1. The highest BCUT2D eigenvalue weighted by Crippen LogP contribution is 2.30. The van der Waals surface area contributed by atoms with Crippen LogP contribution in [-0.4, -0.2) is 67.1 Å². The van der Waals surface area contributed by atoms with E-state index in [0.717, 1.165) is 33.1 Å². The molecule has 0 saturated heterocycles. The van der Waals surface area contributed by atoms with Gasteiger partial charge in [0.2, 0.25) is 5.91 Å². The van der Waals surface area contributed by atoms with Gasteiger partial charge in [0, 0.05) is 37.4 Å². The molecule has 0 aliphatic rings. The summed E-state index contributed by atoms with van der Waals surface area (Å²) < 4.78 is 33.5. The molecule has 4 rings (SSSR count). The number of benzene rings is 1. The van der Waals surface area contributed by atoms with E-state index < -0.39 is 12.1 Å². The Labute approximate surface area is 191 Å². The third-order valence-corrected chi connectivity index (χ3v) is 4.91. The van der Waals surface area contributed by atoms with Crippen molar-refractivity contribution in [1.29, 1.82) is 0 Å². The van der Waals surface area contributed by atoms with E-state index in [-0.39, 0.29) is 11.8 Å². The number of hydrogen-bond donors (Lipinski definition) is 3. The highest BCUT2D eigenvalue weighted by atomic mass is 19.4. The second-order valence-corrected chi connectivity index (χ2v) is 7.75. The van der Waals surface area contributed by atoms with Crippen molar-refractivity contribution >= 4 is 39.5 Å². The average molecular weight is 477 g/mol. The Morgan fingerprint density at radius 3 is 2.47 bits per heavy atom. The number of alkyl halides is 3. The van der Waals surface area contributed by atoms with Crippen molar-refractivity contribution in [2.24, 2.45) is 5.92 Å². The lowest BCUT2D eigenvalue weighted by atomic mass is 10.1. The van der Waals surface area contributed by atoms with Crippen LogP contribution in [0.4, 0.5) is 19.0 Å². The monoisotopic (exact) mass is 477 g/mol. The van der Waals surface area contributed by atoms with E-state index in [1.807, 2.05) is 37.4 Å². The van der Waals surface area contributed by atoms with Gasteiger partial charge in [-0.15, -0.1) is 0 Å². The number of fused-ring (bicyclic) bond motifs is 3. The fourth-order valence-corrected chi connectivity index (χ4v) is 3.30. The lowest BCUT2D eigenvalue weighted by Gasteiger charge is -2.16. The van der Waals surface area contributed by atoms with Crippen molar-refractivity contribution in [2.75, 3.05) is 19.8 Å². The van der Waals surface area contributed by atoms with Gasteiger partial charge >= 0.3 is 12.1 Å². The molecule has 0 bridgehead atoms. The van der Waals surface area contributed by atoms with Crippen LogP contribution in [0, 0.1) is 5.92 Å². The molecule has 0 radical (unpaired) electrons. The predicted molar refractivity (Wildman–Crippen MR) is 119 cm³/mol. The van der Waals surface area contributed by atoms with Crippen molar-refractivity contribution in [1.82, 2.24) is 29.9 Å². The van der Waals surface area contributed by atoms with Crippen LogP contribution in [0.5, 0.6) is 0 Å². The molecular formula is C21H22F3N7O3. The van der Waals surface area contributed by atoms with Gasteiger partial charge in [-0.1, -0.05) is 13.0 Å². The molecule has 0 spiro atoms. The second-order valence-electron chi connectivity index (χ2n) is 7.75. The number of carbonyl (C=O) groups is 2. The SMILES string of the molecule is CC(Cn1cc2c(N)nc3cc(-c4ccn[nH]4)ccc3c2n1)C(=O)N(C)C.O=C(O)C(F)(F)F. The number of nitrogens with zero attached hydrogens (tertiary/aromatic N) is 5. The van der Waals surface area contributed by atoms with Crippen molar-refractivity contribution in [3.05, 3.63) is 36.7 Å². The van der Waals surface area contributed by atoms with Crippen LogP contribution in [0.2, 0.25) is 0 Å². The molecule has 0 saturated carbocycles. The Morgan fingerprint density at radius 2 is 1.91 bits per heavy atom. The number of amides is 1. The first-order chi connectivity index (χ1) is 15.9. The molecule has 10 nitrogen and oxygen atoms in total. The zero-order chi connectivity index (χ0) is 25.2. The van der Waals surface area contributed by atoms with E-state index in [0.29, 0.717) is 12.4 Å². The van der Waals surface area contributed by atoms with Gasteiger partial charge in [-0.3, -0.25) is 14.6 Å². The van der Waals surface area contributed by atoms with Crippen LogP contribution in [-0.2, 0) is 16.1 Å². The molecule has 1 atom stereocenters. The predicted octanol–water partition coefficient (Wildman–Crippen LogP) is 2.91.